The Morgan fingerprint density at radius 3 is 2.42 bits per heavy atom. The SMILES string of the molecule is COc1ccccc1NC(=O)/C(C#N)=C\c1ccc(OCC(=O)OC(C)C)c(OC)c1. The van der Waals surface area contributed by atoms with Crippen LogP contribution in [-0.4, -0.2) is 38.8 Å². The van der Waals surface area contributed by atoms with Crippen molar-refractivity contribution in [2.24, 2.45) is 0 Å². The molecule has 0 aliphatic heterocycles. The molecule has 0 saturated carbocycles. The van der Waals surface area contributed by atoms with E-state index in [9.17, 15) is 14.9 Å². The van der Waals surface area contributed by atoms with Gasteiger partial charge in [0.1, 0.15) is 17.4 Å². The molecular weight excluding hydrogens is 400 g/mol. The number of ether oxygens (including phenoxy) is 4. The molecular formula is C23H24N2O6. The predicted molar refractivity (Wildman–Crippen MR) is 115 cm³/mol. The van der Waals surface area contributed by atoms with Crippen LogP contribution < -0.4 is 19.5 Å². The van der Waals surface area contributed by atoms with Crippen LogP contribution in [0.4, 0.5) is 5.69 Å². The lowest BCUT2D eigenvalue weighted by Gasteiger charge is -2.12. The average molecular weight is 424 g/mol. The number of rotatable bonds is 9. The van der Waals surface area contributed by atoms with Crippen molar-refractivity contribution in [2.45, 2.75) is 20.0 Å². The Kier molecular flexibility index (Phi) is 8.46. The van der Waals surface area contributed by atoms with Crippen LogP contribution in [0.2, 0.25) is 0 Å². The summed E-state index contributed by atoms with van der Waals surface area (Å²) in [5.74, 6) is 0.0710. The minimum absolute atomic E-state index is 0.109. The van der Waals surface area contributed by atoms with Crippen molar-refractivity contribution < 1.29 is 28.5 Å². The Morgan fingerprint density at radius 1 is 1.06 bits per heavy atom. The van der Waals surface area contributed by atoms with Gasteiger partial charge in [-0.25, -0.2) is 4.79 Å². The summed E-state index contributed by atoms with van der Waals surface area (Å²) in [7, 11) is 2.94. The zero-order valence-electron chi connectivity index (χ0n) is 17.8. The maximum absolute atomic E-state index is 12.5. The highest BCUT2D eigenvalue weighted by Crippen LogP contribution is 2.29. The molecule has 1 amide bonds. The van der Waals surface area contributed by atoms with Crippen LogP contribution in [0.15, 0.2) is 48.0 Å². The lowest BCUT2D eigenvalue weighted by molar-refractivity contribution is -0.149. The lowest BCUT2D eigenvalue weighted by atomic mass is 10.1. The van der Waals surface area contributed by atoms with Crippen molar-refractivity contribution in [3.8, 4) is 23.3 Å². The van der Waals surface area contributed by atoms with E-state index in [-0.39, 0.29) is 18.3 Å². The first kappa shape index (κ1) is 23.3. The molecule has 0 aliphatic carbocycles. The van der Waals surface area contributed by atoms with Gasteiger partial charge in [0.2, 0.25) is 0 Å². The molecule has 0 aliphatic rings. The van der Waals surface area contributed by atoms with Gasteiger partial charge in [0, 0.05) is 0 Å². The van der Waals surface area contributed by atoms with Crippen LogP contribution in [0.25, 0.3) is 6.08 Å². The third-order valence-electron chi connectivity index (χ3n) is 3.93. The monoisotopic (exact) mass is 424 g/mol. The molecule has 8 heteroatoms. The molecule has 0 heterocycles. The molecule has 0 aromatic heterocycles. The summed E-state index contributed by atoms with van der Waals surface area (Å²) in [6.45, 7) is 3.22. The van der Waals surface area contributed by atoms with Crippen LogP contribution in [0.1, 0.15) is 19.4 Å². The van der Waals surface area contributed by atoms with Gasteiger partial charge in [-0.1, -0.05) is 18.2 Å². The number of hydrogen-bond donors (Lipinski definition) is 1. The van der Waals surface area contributed by atoms with Crippen molar-refractivity contribution in [1.29, 1.82) is 5.26 Å². The van der Waals surface area contributed by atoms with Crippen LogP contribution in [0.3, 0.4) is 0 Å². The lowest BCUT2D eigenvalue weighted by Crippen LogP contribution is -2.18. The second kappa shape index (κ2) is 11.3. The summed E-state index contributed by atoms with van der Waals surface area (Å²) in [5.41, 5.74) is 0.883. The maximum atomic E-state index is 12.5. The average Bonchev–Trinajstić information content (AvgIpc) is 2.76. The van der Waals surface area contributed by atoms with Gasteiger partial charge in [-0.3, -0.25) is 4.79 Å². The van der Waals surface area contributed by atoms with E-state index < -0.39 is 11.9 Å². The molecule has 162 valence electrons. The molecule has 2 aromatic rings. The first-order valence-corrected chi connectivity index (χ1v) is 9.44. The zero-order valence-corrected chi connectivity index (χ0v) is 17.8. The van der Waals surface area contributed by atoms with Gasteiger partial charge in [0.05, 0.1) is 26.0 Å². The molecule has 8 nitrogen and oxygen atoms in total. The number of nitriles is 1. The molecule has 1 N–H and O–H groups in total. The number of carbonyl (C=O) groups excluding carboxylic acids is 2. The van der Waals surface area contributed by atoms with Gasteiger partial charge in [-0.2, -0.15) is 5.26 Å². The second-order valence-corrected chi connectivity index (χ2v) is 6.56. The van der Waals surface area contributed by atoms with Crippen molar-refractivity contribution in [3.05, 3.63) is 53.6 Å². The van der Waals surface area contributed by atoms with E-state index in [0.29, 0.717) is 28.5 Å². The van der Waals surface area contributed by atoms with Crippen LogP contribution in [-0.2, 0) is 14.3 Å². The van der Waals surface area contributed by atoms with Gasteiger partial charge in [0.15, 0.2) is 18.1 Å². The molecule has 2 rings (SSSR count). The largest absolute Gasteiger partial charge is 0.495 e. The zero-order chi connectivity index (χ0) is 22.8. The maximum Gasteiger partial charge on any atom is 0.344 e. The molecule has 0 unspecified atom stereocenters. The summed E-state index contributed by atoms with van der Waals surface area (Å²) in [6.07, 6.45) is 1.18. The fraction of sp³-hybridized carbons (Fsp3) is 0.261. The quantitative estimate of drug-likeness (QED) is 0.372. The Labute approximate surface area is 181 Å². The van der Waals surface area contributed by atoms with Gasteiger partial charge >= 0.3 is 5.97 Å². The van der Waals surface area contributed by atoms with E-state index in [2.05, 4.69) is 5.32 Å². The van der Waals surface area contributed by atoms with Crippen LogP contribution in [0.5, 0.6) is 17.2 Å². The number of benzene rings is 2. The highest BCUT2D eigenvalue weighted by atomic mass is 16.6. The number of anilines is 1. The highest BCUT2D eigenvalue weighted by Gasteiger charge is 2.14. The first-order chi connectivity index (χ1) is 14.9. The Morgan fingerprint density at radius 2 is 1.77 bits per heavy atom. The summed E-state index contributed by atoms with van der Waals surface area (Å²) in [5, 5.41) is 12.1. The van der Waals surface area contributed by atoms with Gasteiger partial charge < -0.3 is 24.3 Å². The predicted octanol–water partition coefficient (Wildman–Crippen LogP) is 3.58. The summed E-state index contributed by atoms with van der Waals surface area (Å²) in [6, 6.07) is 13.6. The topological polar surface area (TPSA) is 107 Å². The Balaban J connectivity index is 2.17. The molecule has 31 heavy (non-hydrogen) atoms. The smallest absolute Gasteiger partial charge is 0.344 e. The number of hydrogen-bond acceptors (Lipinski definition) is 7. The molecule has 0 bridgehead atoms. The molecule has 0 saturated heterocycles. The third-order valence-corrected chi connectivity index (χ3v) is 3.93. The molecule has 0 spiro atoms. The molecule has 0 atom stereocenters. The highest BCUT2D eigenvalue weighted by molar-refractivity contribution is 6.10. The summed E-state index contributed by atoms with van der Waals surface area (Å²) in [4.78, 5) is 24.2. The van der Waals surface area contributed by atoms with Gasteiger partial charge in [-0.05, 0) is 49.8 Å². The standard InChI is InChI=1S/C23H24N2O6/c1-15(2)31-22(26)14-30-20-10-9-16(12-21(20)29-4)11-17(13-24)23(27)25-18-7-5-6-8-19(18)28-3/h5-12,15H,14H2,1-4H3,(H,25,27)/b17-11-. The summed E-state index contributed by atoms with van der Waals surface area (Å²) >= 11 is 0. The summed E-state index contributed by atoms with van der Waals surface area (Å²) < 4.78 is 21.0. The van der Waals surface area contributed by atoms with E-state index >= 15 is 0 Å². The minimum Gasteiger partial charge on any atom is -0.495 e. The number of esters is 1. The molecule has 2 aromatic carbocycles. The number of amides is 1. The van der Waals surface area contributed by atoms with Gasteiger partial charge in [-0.15, -0.1) is 0 Å². The Bertz CT molecular complexity index is 1010. The van der Waals surface area contributed by atoms with Crippen molar-refractivity contribution in [1.82, 2.24) is 0 Å². The van der Waals surface area contributed by atoms with Crippen molar-refractivity contribution in [3.63, 3.8) is 0 Å². The number of para-hydroxylation sites is 2. The fourth-order valence-corrected chi connectivity index (χ4v) is 2.58. The van der Waals surface area contributed by atoms with Crippen LogP contribution >= 0.6 is 0 Å². The Hall–Kier alpha value is -3.99. The van der Waals surface area contributed by atoms with Gasteiger partial charge in [0.25, 0.3) is 5.91 Å². The molecule has 0 radical (unpaired) electrons. The number of nitrogens with zero attached hydrogens (tertiary/aromatic N) is 1. The van der Waals surface area contributed by atoms with E-state index in [1.807, 2.05) is 6.07 Å². The van der Waals surface area contributed by atoms with Crippen molar-refractivity contribution >= 4 is 23.6 Å². The molecule has 0 fully saturated rings. The number of nitrogens with one attached hydrogen (secondary N) is 1. The van der Waals surface area contributed by atoms with E-state index in [1.54, 1.807) is 56.3 Å². The first-order valence-electron chi connectivity index (χ1n) is 9.44. The van der Waals surface area contributed by atoms with E-state index in [1.165, 1.54) is 20.3 Å². The van der Waals surface area contributed by atoms with E-state index in [4.69, 9.17) is 18.9 Å². The third kappa shape index (κ3) is 6.78. The van der Waals surface area contributed by atoms with Crippen molar-refractivity contribution in [2.75, 3.05) is 26.1 Å². The fourth-order valence-electron chi connectivity index (χ4n) is 2.58. The number of methoxy groups -OCH3 is 2. The van der Waals surface area contributed by atoms with E-state index in [0.717, 1.165) is 0 Å². The number of carbonyl (C=O) groups is 2. The minimum atomic E-state index is -0.581. The second-order valence-electron chi connectivity index (χ2n) is 6.56. The normalized spacial score (nSPS) is 10.8. The van der Waals surface area contributed by atoms with Crippen LogP contribution in [0, 0.1) is 11.3 Å².